The second-order valence-corrected chi connectivity index (χ2v) is 8.77. The summed E-state index contributed by atoms with van der Waals surface area (Å²) in [6.07, 6.45) is 7.32. The highest BCUT2D eigenvalue weighted by Crippen LogP contribution is 2.29. The van der Waals surface area contributed by atoms with Crippen molar-refractivity contribution in [1.82, 2.24) is 4.90 Å². The molecule has 1 saturated heterocycles. The molecule has 0 unspecified atom stereocenters. The zero-order valence-corrected chi connectivity index (χ0v) is 23.0. The minimum absolute atomic E-state index is 0.0783. The maximum atomic E-state index is 14.1. The second kappa shape index (κ2) is 15.0. The number of Topliss-reactive ketones (excluding diaryl/α,β-unsaturated/α-hetero) is 1. The molecule has 0 bridgehead atoms. The number of allylic oxidation sites excluding steroid dienone is 3. The zero-order chi connectivity index (χ0) is 27.4. The molecule has 200 valence electrons. The molecular weight excluding hydrogens is 469 g/mol. The predicted octanol–water partition coefficient (Wildman–Crippen LogP) is 7.07. The van der Waals surface area contributed by atoms with Crippen LogP contribution < -0.4 is 9.47 Å². The number of hydrogen-bond donors (Lipinski definition) is 0. The summed E-state index contributed by atoms with van der Waals surface area (Å²) in [5, 5.41) is 0. The minimum Gasteiger partial charge on any atom is -0.494 e. The number of halogens is 1. The van der Waals surface area contributed by atoms with E-state index in [1.54, 1.807) is 18.2 Å². The first kappa shape index (κ1) is 29.8. The van der Waals surface area contributed by atoms with Crippen LogP contribution in [0.1, 0.15) is 70.1 Å². The van der Waals surface area contributed by atoms with Crippen LogP contribution in [0.4, 0.5) is 4.39 Å². The molecule has 37 heavy (non-hydrogen) atoms. The molecule has 2 aromatic rings. The van der Waals surface area contributed by atoms with Crippen molar-refractivity contribution in [3.8, 4) is 11.5 Å². The molecule has 3 rings (SSSR count). The number of methoxy groups -OCH3 is 1. The molecule has 0 spiro atoms. The molecule has 0 N–H and O–H groups in total. The Kier molecular flexibility index (Phi) is 12.1. The third-order valence-corrected chi connectivity index (χ3v) is 6.13. The highest BCUT2D eigenvalue weighted by Gasteiger charge is 2.24. The average molecular weight is 510 g/mol. The molecule has 6 heteroatoms. The van der Waals surface area contributed by atoms with Gasteiger partial charge in [-0.3, -0.25) is 9.59 Å². The predicted molar refractivity (Wildman–Crippen MR) is 147 cm³/mol. The van der Waals surface area contributed by atoms with Gasteiger partial charge in [0.05, 0.1) is 7.11 Å². The number of ether oxygens (including phenoxy) is 2. The zero-order valence-electron chi connectivity index (χ0n) is 23.0. The summed E-state index contributed by atoms with van der Waals surface area (Å²) in [5.41, 5.74) is 3.30. The number of carbonyl (C=O) groups excluding carboxylic acids is 2. The number of nitrogens with zero attached hydrogens (tertiary/aromatic N) is 1. The summed E-state index contributed by atoms with van der Waals surface area (Å²) in [7, 11) is 1.42. The number of benzene rings is 2. The number of likely N-dealkylation sites (tertiary alicyclic amines) is 1. The molecular formula is C31H40FNO4. The first-order valence-electron chi connectivity index (χ1n) is 13.1. The molecule has 1 amide bonds. The van der Waals surface area contributed by atoms with Gasteiger partial charge in [0.2, 0.25) is 0 Å². The van der Waals surface area contributed by atoms with Crippen LogP contribution in [0.3, 0.4) is 0 Å². The number of piperidine rings is 1. The SMILES string of the molecule is CC.CC/C=C(/C=C(/C(=O)N1CCCCC1)c1cc(OCc2ccc(OC)c(F)c2)ccc1C)C(C)=O. The van der Waals surface area contributed by atoms with Crippen molar-refractivity contribution in [3.63, 3.8) is 0 Å². The van der Waals surface area contributed by atoms with E-state index in [2.05, 4.69) is 0 Å². The topological polar surface area (TPSA) is 55.8 Å². The lowest BCUT2D eigenvalue weighted by molar-refractivity contribution is -0.125. The van der Waals surface area contributed by atoms with Crippen molar-refractivity contribution in [2.45, 2.75) is 66.9 Å². The van der Waals surface area contributed by atoms with E-state index < -0.39 is 5.82 Å². The van der Waals surface area contributed by atoms with E-state index in [0.717, 1.165) is 30.4 Å². The fraction of sp³-hybridized carbons (Fsp3) is 0.419. The van der Waals surface area contributed by atoms with E-state index in [4.69, 9.17) is 9.47 Å². The Balaban J connectivity index is 0.00000235. The van der Waals surface area contributed by atoms with Crippen LogP contribution in [0.15, 0.2) is 54.1 Å². The van der Waals surface area contributed by atoms with Crippen molar-refractivity contribution >= 4 is 17.3 Å². The summed E-state index contributed by atoms with van der Waals surface area (Å²) < 4.78 is 25.0. The highest BCUT2D eigenvalue weighted by molar-refractivity contribution is 6.21. The van der Waals surface area contributed by atoms with E-state index in [-0.39, 0.29) is 24.0 Å². The number of amides is 1. The van der Waals surface area contributed by atoms with Crippen LogP contribution in [0, 0.1) is 12.7 Å². The van der Waals surface area contributed by atoms with Crippen molar-refractivity contribution < 1.29 is 23.5 Å². The maximum Gasteiger partial charge on any atom is 0.254 e. The van der Waals surface area contributed by atoms with Crippen LogP contribution >= 0.6 is 0 Å². The fourth-order valence-electron chi connectivity index (χ4n) is 4.15. The lowest BCUT2D eigenvalue weighted by Gasteiger charge is -2.28. The molecule has 1 aliphatic heterocycles. The Morgan fingerprint density at radius 3 is 2.35 bits per heavy atom. The Morgan fingerprint density at radius 2 is 1.76 bits per heavy atom. The fourth-order valence-corrected chi connectivity index (χ4v) is 4.15. The quantitative estimate of drug-likeness (QED) is 0.268. The number of carbonyl (C=O) groups is 2. The van der Waals surface area contributed by atoms with Gasteiger partial charge >= 0.3 is 0 Å². The molecule has 5 nitrogen and oxygen atoms in total. The standard InChI is InChI=1S/C29H34FNO4.C2H6/c1-5-9-23(21(3)32)17-26(29(33)31-14-7-6-8-15-31)25-18-24(12-10-20(25)2)35-19-22-11-13-28(34-4)27(30)16-22;1-2/h9-13,16-18H,5-8,14-15,19H2,1-4H3;1-2H3/b23-9-,26-17+;. The lowest BCUT2D eigenvalue weighted by Crippen LogP contribution is -2.36. The van der Waals surface area contributed by atoms with Crippen LogP contribution in [0.2, 0.25) is 0 Å². The van der Waals surface area contributed by atoms with Gasteiger partial charge in [0.15, 0.2) is 17.3 Å². The smallest absolute Gasteiger partial charge is 0.254 e. The van der Waals surface area contributed by atoms with Crippen molar-refractivity contribution in [2.75, 3.05) is 20.2 Å². The average Bonchev–Trinajstić information content (AvgIpc) is 2.92. The summed E-state index contributed by atoms with van der Waals surface area (Å²) >= 11 is 0. The molecule has 1 fully saturated rings. The molecule has 0 radical (unpaired) electrons. The highest BCUT2D eigenvalue weighted by atomic mass is 19.1. The van der Waals surface area contributed by atoms with Gasteiger partial charge in [0.25, 0.3) is 5.91 Å². The normalized spacial score (nSPS) is 14.0. The van der Waals surface area contributed by atoms with Crippen molar-refractivity contribution in [3.05, 3.63) is 76.6 Å². The van der Waals surface area contributed by atoms with Gasteiger partial charge in [-0.05, 0) is 86.6 Å². The third kappa shape index (κ3) is 8.31. The number of aryl methyl sites for hydroxylation is 1. The van der Waals surface area contributed by atoms with E-state index in [1.807, 2.05) is 56.9 Å². The monoisotopic (exact) mass is 509 g/mol. The van der Waals surface area contributed by atoms with Gasteiger partial charge in [-0.2, -0.15) is 0 Å². The van der Waals surface area contributed by atoms with Crippen LogP contribution in [0.5, 0.6) is 11.5 Å². The van der Waals surface area contributed by atoms with Gasteiger partial charge in [0.1, 0.15) is 12.4 Å². The van der Waals surface area contributed by atoms with Crippen LogP contribution in [-0.4, -0.2) is 36.8 Å². The number of ketones is 1. The Bertz CT molecular complexity index is 1130. The first-order chi connectivity index (χ1) is 17.8. The maximum absolute atomic E-state index is 14.1. The van der Waals surface area contributed by atoms with E-state index in [9.17, 15) is 14.0 Å². The van der Waals surface area contributed by atoms with Crippen LogP contribution in [-0.2, 0) is 16.2 Å². The van der Waals surface area contributed by atoms with E-state index in [0.29, 0.717) is 42.0 Å². The molecule has 0 atom stereocenters. The van der Waals surface area contributed by atoms with Crippen LogP contribution in [0.25, 0.3) is 5.57 Å². The summed E-state index contributed by atoms with van der Waals surface area (Å²) in [5.74, 6) is 0.129. The molecule has 1 heterocycles. The lowest BCUT2D eigenvalue weighted by atomic mass is 9.95. The van der Waals surface area contributed by atoms with Gasteiger partial charge in [-0.1, -0.05) is 39.0 Å². The van der Waals surface area contributed by atoms with E-state index in [1.165, 1.54) is 20.1 Å². The first-order valence-corrected chi connectivity index (χ1v) is 13.1. The number of hydrogen-bond acceptors (Lipinski definition) is 4. The number of rotatable bonds is 9. The Morgan fingerprint density at radius 1 is 1.05 bits per heavy atom. The largest absolute Gasteiger partial charge is 0.494 e. The van der Waals surface area contributed by atoms with Gasteiger partial charge in [-0.25, -0.2) is 4.39 Å². The Hall–Kier alpha value is -3.41. The second-order valence-electron chi connectivity index (χ2n) is 8.77. The van der Waals surface area contributed by atoms with E-state index >= 15 is 0 Å². The van der Waals surface area contributed by atoms with Crippen molar-refractivity contribution in [2.24, 2.45) is 0 Å². The molecule has 1 aliphatic rings. The summed E-state index contributed by atoms with van der Waals surface area (Å²) in [6.45, 7) is 11.0. The molecule has 0 aromatic heterocycles. The van der Waals surface area contributed by atoms with Gasteiger partial charge in [0, 0.05) is 24.2 Å². The summed E-state index contributed by atoms with van der Waals surface area (Å²) in [4.78, 5) is 27.8. The molecule has 0 aliphatic carbocycles. The molecule has 2 aromatic carbocycles. The third-order valence-electron chi connectivity index (χ3n) is 6.13. The minimum atomic E-state index is -0.449. The molecule has 0 saturated carbocycles. The van der Waals surface area contributed by atoms with Gasteiger partial charge < -0.3 is 14.4 Å². The Labute approximate surface area is 221 Å². The van der Waals surface area contributed by atoms with Crippen molar-refractivity contribution in [1.29, 1.82) is 0 Å². The van der Waals surface area contributed by atoms with Gasteiger partial charge in [-0.15, -0.1) is 0 Å². The summed E-state index contributed by atoms with van der Waals surface area (Å²) in [6, 6.07) is 10.2.